The van der Waals surface area contributed by atoms with Gasteiger partial charge >= 0.3 is 6.01 Å². The minimum atomic E-state index is -0.0364. The summed E-state index contributed by atoms with van der Waals surface area (Å²) in [6, 6.07) is 20.0. The Hall–Kier alpha value is -3.45. The monoisotopic (exact) mass is 446 g/mol. The first-order chi connectivity index (χ1) is 15.5. The molecule has 0 saturated heterocycles. The minimum absolute atomic E-state index is 0.0364. The summed E-state index contributed by atoms with van der Waals surface area (Å²) >= 11 is 1.58. The van der Waals surface area contributed by atoms with Crippen LogP contribution in [-0.2, 0) is 11.2 Å². The maximum Gasteiger partial charge on any atom is 0.336 e. The number of carbonyl (C=O) groups excluding carboxylic acids is 1. The van der Waals surface area contributed by atoms with Gasteiger partial charge < -0.3 is 10.1 Å². The van der Waals surface area contributed by atoms with Gasteiger partial charge in [-0.15, -0.1) is 16.4 Å². The molecule has 0 aliphatic rings. The van der Waals surface area contributed by atoms with Crippen LogP contribution in [0.2, 0.25) is 0 Å². The lowest BCUT2D eigenvalue weighted by Crippen LogP contribution is -2.13. The van der Waals surface area contributed by atoms with Gasteiger partial charge in [0.25, 0.3) is 0 Å². The molecule has 4 rings (SSSR count). The van der Waals surface area contributed by atoms with Crippen LogP contribution in [0.4, 0.5) is 5.69 Å². The normalized spacial score (nSPS) is 11.0. The van der Waals surface area contributed by atoms with E-state index in [-0.39, 0.29) is 5.91 Å². The number of carbonyl (C=O) groups is 1. The van der Waals surface area contributed by atoms with Gasteiger partial charge in [0.15, 0.2) is 5.82 Å². The predicted octanol–water partition coefficient (Wildman–Crippen LogP) is 5.52. The van der Waals surface area contributed by atoms with Crippen molar-refractivity contribution in [1.82, 2.24) is 14.8 Å². The molecule has 4 aromatic rings. The van der Waals surface area contributed by atoms with Crippen LogP contribution >= 0.6 is 11.3 Å². The Morgan fingerprint density at radius 1 is 1.09 bits per heavy atom. The van der Waals surface area contributed by atoms with E-state index in [9.17, 15) is 4.79 Å². The first kappa shape index (κ1) is 21.8. The second kappa shape index (κ2) is 9.78. The number of thiophene rings is 1. The lowest BCUT2D eigenvalue weighted by Gasteiger charge is -2.08. The number of anilines is 1. The summed E-state index contributed by atoms with van der Waals surface area (Å²) in [5.41, 5.74) is 3.71. The van der Waals surface area contributed by atoms with Gasteiger partial charge in [-0.25, -0.2) is 4.68 Å². The van der Waals surface area contributed by atoms with E-state index in [4.69, 9.17) is 4.74 Å². The van der Waals surface area contributed by atoms with E-state index in [0.29, 0.717) is 30.8 Å². The summed E-state index contributed by atoms with van der Waals surface area (Å²) in [6.45, 7) is 6.77. The average Bonchev–Trinajstić information content (AvgIpc) is 3.43. The highest BCUT2D eigenvalue weighted by atomic mass is 32.1. The zero-order chi connectivity index (χ0) is 22.5. The van der Waals surface area contributed by atoms with E-state index >= 15 is 0 Å². The van der Waals surface area contributed by atoms with Crippen LogP contribution in [-0.4, -0.2) is 27.3 Å². The van der Waals surface area contributed by atoms with Gasteiger partial charge in [0.05, 0.1) is 18.7 Å². The van der Waals surface area contributed by atoms with Crippen LogP contribution in [0.25, 0.3) is 17.1 Å². The van der Waals surface area contributed by atoms with Crippen LogP contribution in [0.5, 0.6) is 6.01 Å². The largest absolute Gasteiger partial charge is 0.462 e. The van der Waals surface area contributed by atoms with Crippen molar-refractivity contribution in [2.75, 3.05) is 11.9 Å². The predicted molar refractivity (Wildman–Crippen MR) is 129 cm³/mol. The molecule has 2 aromatic heterocycles. The smallest absolute Gasteiger partial charge is 0.336 e. The van der Waals surface area contributed by atoms with E-state index in [1.54, 1.807) is 16.0 Å². The van der Waals surface area contributed by atoms with Crippen molar-refractivity contribution < 1.29 is 9.53 Å². The van der Waals surface area contributed by atoms with Gasteiger partial charge in [-0.3, -0.25) is 4.79 Å². The molecule has 0 spiro atoms. The molecule has 6 nitrogen and oxygen atoms in total. The topological polar surface area (TPSA) is 69.0 Å². The van der Waals surface area contributed by atoms with Crippen molar-refractivity contribution in [3.63, 3.8) is 0 Å². The molecule has 0 radical (unpaired) electrons. The molecule has 0 fully saturated rings. The third-order valence-electron chi connectivity index (χ3n) is 4.75. The fraction of sp³-hybridized carbons (Fsp3) is 0.240. The molecule has 0 aliphatic heterocycles. The molecule has 0 atom stereocenters. The summed E-state index contributed by atoms with van der Waals surface area (Å²) in [6.07, 6.45) is 0.372. The molecular formula is C25H26N4O2S. The molecule has 7 heteroatoms. The van der Waals surface area contributed by atoms with Crippen LogP contribution in [0.3, 0.4) is 0 Å². The second-order valence-electron chi connectivity index (χ2n) is 8.05. The quantitative estimate of drug-likeness (QED) is 0.387. The number of benzene rings is 2. The Kier molecular flexibility index (Phi) is 6.66. The van der Waals surface area contributed by atoms with Crippen LogP contribution in [0, 0.1) is 12.8 Å². The van der Waals surface area contributed by atoms with E-state index < -0.39 is 0 Å². The third kappa shape index (κ3) is 5.42. The van der Waals surface area contributed by atoms with Crippen molar-refractivity contribution in [1.29, 1.82) is 0 Å². The Morgan fingerprint density at radius 3 is 2.50 bits per heavy atom. The van der Waals surface area contributed by atoms with Gasteiger partial charge in [0, 0.05) is 16.1 Å². The maximum absolute atomic E-state index is 12.3. The molecular weight excluding hydrogens is 420 g/mol. The van der Waals surface area contributed by atoms with Crippen LogP contribution in [0.1, 0.15) is 24.3 Å². The number of rotatable bonds is 8. The molecule has 164 valence electrons. The van der Waals surface area contributed by atoms with Gasteiger partial charge in [-0.1, -0.05) is 49.7 Å². The number of ether oxygens (including phenoxy) is 1. The van der Waals surface area contributed by atoms with E-state index in [2.05, 4.69) is 48.3 Å². The summed E-state index contributed by atoms with van der Waals surface area (Å²) in [4.78, 5) is 18.0. The molecule has 2 aromatic carbocycles. The average molecular weight is 447 g/mol. The van der Waals surface area contributed by atoms with Crippen molar-refractivity contribution in [2.45, 2.75) is 27.2 Å². The zero-order valence-electron chi connectivity index (χ0n) is 18.4. The highest BCUT2D eigenvalue weighted by Gasteiger charge is 2.15. The Morgan fingerprint density at radius 2 is 1.84 bits per heavy atom. The number of aryl methyl sites for hydroxylation is 1. The molecule has 0 bridgehead atoms. The Labute approximate surface area is 191 Å². The van der Waals surface area contributed by atoms with Crippen LogP contribution in [0.15, 0.2) is 66.0 Å². The third-order valence-corrected chi connectivity index (χ3v) is 5.63. The lowest BCUT2D eigenvalue weighted by molar-refractivity contribution is -0.115. The van der Waals surface area contributed by atoms with Crippen molar-refractivity contribution >= 4 is 22.9 Å². The first-order valence-electron chi connectivity index (χ1n) is 10.6. The number of amides is 1. The summed E-state index contributed by atoms with van der Waals surface area (Å²) < 4.78 is 7.56. The molecule has 2 heterocycles. The van der Waals surface area contributed by atoms with Gasteiger partial charge in [-0.05, 0) is 48.6 Å². The fourth-order valence-corrected chi connectivity index (χ4v) is 3.83. The Balaban J connectivity index is 1.57. The molecule has 0 saturated carbocycles. The molecule has 0 unspecified atom stereocenters. The van der Waals surface area contributed by atoms with Gasteiger partial charge in [0.2, 0.25) is 5.91 Å². The van der Waals surface area contributed by atoms with Crippen molar-refractivity contribution in [2.24, 2.45) is 5.92 Å². The number of aromatic nitrogens is 3. The summed E-state index contributed by atoms with van der Waals surface area (Å²) in [5.74, 6) is 1.05. The highest BCUT2D eigenvalue weighted by molar-refractivity contribution is 7.10. The van der Waals surface area contributed by atoms with Crippen molar-refractivity contribution in [3.8, 4) is 23.1 Å². The number of nitrogens with zero attached hydrogens (tertiary/aromatic N) is 3. The summed E-state index contributed by atoms with van der Waals surface area (Å²) in [5, 5.41) is 9.51. The van der Waals surface area contributed by atoms with Crippen molar-refractivity contribution in [3.05, 3.63) is 76.5 Å². The SMILES string of the molecule is Cc1ccc(-c2nc(OCC(C)C)nn2-c2ccc(NC(=O)Cc3cccs3)cc2)cc1. The standard InChI is InChI=1S/C25H26N4O2S/c1-17(2)16-31-25-27-24(19-8-6-18(3)7-9-19)29(28-25)21-12-10-20(11-13-21)26-23(30)15-22-5-4-14-32-22/h4-14,17H,15-16H2,1-3H3,(H,26,30). The summed E-state index contributed by atoms with van der Waals surface area (Å²) in [7, 11) is 0. The van der Waals surface area contributed by atoms with E-state index in [0.717, 1.165) is 21.8 Å². The first-order valence-corrected chi connectivity index (χ1v) is 11.5. The molecule has 1 N–H and O–H groups in total. The zero-order valence-corrected chi connectivity index (χ0v) is 19.2. The second-order valence-corrected chi connectivity index (χ2v) is 9.08. The fourth-order valence-electron chi connectivity index (χ4n) is 3.13. The lowest BCUT2D eigenvalue weighted by atomic mass is 10.1. The maximum atomic E-state index is 12.3. The van der Waals surface area contributed by atoms with Crippen LogP contribution < -0.4 is 10.1 Å². The van der Waals surface area contributed by atoms with Gasteiger partial charge in [0.1, 0.15) is 0 Å². The number of hydrogen-bond donors (Lipinski definition) is 1. The number of hydrogen-bond acceptors (Lipinski definition) is 5. The molecule has 0 aliphatic carbocycles. The minimum Gasteiger partial charge on any atom is -0.462 e. The van der Waals surface area contributed by atoms with E-state index in [1.165, 1.54) is 5.56 Å². The Bertz CT molecular complexity index is 1160. The van der Waals surface area contributed by atoms with E-state index in [1.807, 2.05) is 53.9 Å². The molecule has 32 heavy (non-hydrogen) atoms. The highest BCUT2D eigenvalue weighted by Crippen LogP contribution is 2.25. The molecule has 1 amide bonds. The number of nitrogens with one attached hydrogen (secondary N) is 1. The van der Waals surface area contributed by atoms with Gasteiger partial charge in [-0.2, -0.15) is 4.98 Å².